The number of rotatable bonds is 6. The van der Waals surface area contributed by atoms with Crippen molar-refractivity contribution >= 4 is 38.7 Å². The van der Waals surface area contributed by atoms with Gasteiger partial charge in [-0.1, -0.05) is 35.9 Å². The van der Waals surface area contributed by atoms with E-state index in [0.29, 0.717) is 36.9 Å². The molecule has 0 saturated carbocycles. The quantitative estimate of drug-likeness (QED) is 0.743. The first kappa shape index (κ1) is 21.5. The van der Waals surface area contributed by atoms with Gasteiger partial charge in [0.15, 0.2) is 0 Å². The highest BCUT2D eigenvalue weighted by molar-refractivity contribution is 7.91. The van der Waals surface area contributed by atoms with Crippen LogP contribution in [0.25, 0.3) is 0 Å². The number of benzene rings is 2. The van der Waals surface area contributed by atoms with E-state index in [9.17, 15) is 22.0 Å². The molecular formula is C19H20ClF2N3O3S. The standard InChI is InChI=1S/C19H20ClF2N3O3S/c20-14-5-1-2-6-15(14)23-18(26)13-24-9-11-25(12-10-24)16-7-3-4-8-17(16)29(27,28)19(21)22/h1-8,19H,9-13H2,(H,23,26). The van der Waals surface area contributed by atoms with Crippen molar-refractivity contribution in [3.63, 3.8) is 0 Å². The van der Waals surface area contributed by atoms with Crippen LogP contribution in [0, 0.1) is 0 Å². The van der Waals surface area contributed by atoms with Crippen LogP contribution < -0.4 is 10.2 Å². The second-order valence-corrected chi connectivity index (χ2v) is 8.86. The monoisotopic (exact) mass is 443 g/mol. The van der Waals surface area contributed by atoms with E-state index >= 15 is 0 Å². The summed E-state index contributed by atoms with van der Waals surface area (Å²) in [5.74, 6) is -3.69. The first-order chi connectivity index (χ1) is 13.8. The van der Waals surface area contributed by atoms with Crippen LogP contribution in [0.15, 0.2) is 53.4 Å². The Morgan fingerprint density at radius 1 is 1.03 bits per heavy atom. The van der Waals surface area contributed by atoms with Crippen molar-refractivity contribution in [1.29, 1.82) is 0 Å². The fourth-order valence-corrected chi connectivity index (χ4v) is 4.29. The van der Waals surface area contributed by atoms with E-state index < -0.39 is 15.6 Å². The minimum Gasteiger partial charge on any atom is -0.368 e. The van der Waals surface area contributed by atoms with Crippen molar-refractivity contribution in [2.75, 3.05) is 42.9 Å². The zero-order valence-electron chi connectivity index (χ0n) is 15.4. The van der Waals surface area contributed by atoms with Gasteiger partial charge in [-0.3, -0.25) is 9.69 Å². The van der Waals surface area contributed by atoms with Crippen LogP contribution in [0.5, 0.6) is 0 Å². The molecule has 3 rings (SSSR count). The Bertz CT molecular complexity index is 980. The molecule has 0 spiro atoms. The summed E-state index contributed by atoms with van der Waals surface area (Å²) in [5, 5.41) is 3.20. The van der Waals surface area contributed by atoms with E-state index in [1.807, 2.05) is 4.90 Å². The molecule has 1 N–H and O–H groups in total. The van der Waals surface area contributed by atoms with Crippen molar-refractivity contribution in [1.82, 2.24) is 4.90 Å². The third-order valence-corrected chi connectivity index (χ3v) is 6.39. The average Bonchev–Trinajstić information content (AvgIpc) is 2.70. The van der Waals surface area contributed by atoms with E-state index in [0.717, 1.165) is 0 Å². The molecular weight excluding hydrogens is 424 g/mol. The summed E-state index contributed by atoms with van der Waals surface area (Å²) < 4.78 is 49.9. The average molecular weight is 444 g/mol. The SMILES string of the molecule is O=C(CN1CCN(c2ccccc2S(=O)(=O)C(F)F)CC1)Nc1ccccc1Cl. The Hall–Kier alpha value is -2.23. The molecule has 0 aliphatic carbocycles. The van der Waals surface area contributed by atoms with E-state index in [1.54, 1.807) is 35.2 Å². The molecule has 1 fully saturated rings. The van der Waals surface area contributed by atoms with Gasteiger partial charge in [0.1, 0.15) is 0 Å². The molecule has 1 aliphatic rings. The van der Waals surface area contributed by atoms with E-state index in [-0.39, 0.29) is 23.0 Å². The van der Waals surface area contributed by atoms with E-state index in [1.165, 1.54) is 18.2 Å². The molecule has 2 aromatic rings. The zero-order valence-corrected chi connectivity index (χ0v) is 17.0. The maximum absolute atomic E-state index is 13.0. The molecule has 6 nitrogen and oxygen atoms in total. The molecule has 156 valence electrons. The molecule has 1 saturated heterocycles. The lowest BCUT2D eigenvalue weighted by atomic mass is 10.2. The van der Waals surface area contributed by atoms with Gasteiger partial charge in [-0.25, -0.2) is 8.42 Å². The zero-order chi connectivity index (χ0) is 21.0. The van der Waals surface area contributed by atoms with Crippen LogP contribution in [0.2, 0.25) is 5.02 Å². The number of anilines is 2. The van der Waals surface area contributed by atoms with Gasteiger partial charge in [0.25, 0.3) is 0 Å². The number of nitrogens with zero attached hydrogens (tertiary/aromatic N) is 2. The highest BCUT2D eigenvalue weighted by atomic mass is 35.5. The molecule has 0 atom stereocenters. The first-order valence-corrected chi connectivity index (χ1v) is 10.8. The van der Waals surface area contributed by atoms with Crippen molar-refractivity contribution in [3.8, 4) is 0 Å². The smallest absolute Gasteiger partial charge is 0.341 e. The predicted molar refractivity (Wildman–Crippen MR) is 108 cm³/mol. The number of hydrogen-bond acceptors (Lipinski definition) is 5. The highest BCUT2D eigenvalue weighted by Crippen LogP contribution is 2.29. The lowest BCUT2D eigenvalue weighted by molar-refractivity contribution is -0.117. The molecule has 29 heavy (non-hydrogen) atoms. The van der Waals surface area contributed by atoms with E-state index in [2.05, 4.69) is 5.32 Å². The second-order valence-electron chi connectivity index (χ2n) is 6.56. The lowest BCUT2D eigenvalue weighted by Crippen LogP contribution is -2.49. The van der Waals surface area contributed by atoms with Crippen molar-refractivity contribution in [2.24, 2.45) is 0 Å². The van der Waals surface area contributed by atoms with Crippen molar-refractivity contribution in [3.05, 3.63) is 53.6 Å². The van der Waals surface area contributed by atoms with Gasteiger partial charge >= 0.3 is 5.76 Å². The third-order valence-electron chi connectivity index (χ3n) is 4.63. The number of halogens is 3. The molecule has 10 heteroatoms. The molecule has 1 heterocycles. The summed E-state index contributed by atoms with van der Waals surface area (Å²) in [6, 6.07) is 12.7. The number of para-hydroxylation sites is 2. The number of piperazine rings is 1. The maximum Gasteiger partial charge on any atom is 0.341 e. The third kappa shape index (κ3) is 5.04. The topological polar surface area (TPSA) is 69.7 Å². The minimum absolute atomic E-state index is 0.149. The summed E-state index contributed by atoms with van der Waals surface area (Å²) in [6.45, 7) is 1.94. The largest absolute Gasteiger partial charge is 0.368 e. The molecule has 0 radical (unpaired) electrons. The Morgan fingerprint density at radius 3 is 2.31 bits per heavy atom. The Kier molecular flexibility index (Phi) is 6.71. The second kappa shape index (κ2) is 9.06. The molecule has 1 amide bonds. The highest BCUT2D eigenvalue weighted by Gasteiger charge is 2.31. The van der Waals surface area contributed by atoms with Crippen LogP contribution in [0.3, 0.4) is 0 Å². The number of amides is 1. The summed E-state index contributed by atoms with van der Waals surface area (Å²) in [7, 11) is -4.69. The number of carbonyl (C=O) groups is 1. The van der Waals surface area contributed by atoms with Crippen molar-refractivity contribution in [2.45, 2.75) is 10.7 Å². The van der Waals surface area contributed by atoms with Crippen LogP contribution >= 0.6 is 11.6 Å². The Balaban J connectivity index is 1.62. The lowest BCUT2D eigenvalue weighted by Gasteiger charge is -2.36. The van der Waals surface area contributed by atoms with Gasteiger partial charge in [-0.2, -0.15) is 8.78 Å². The summed E-state index contributed by atoms with van der Waals surface area (Å²) in [4.78, 5) is 15.5. The fraction of sp³-hybridized carbons (Fsp3) is 0.316. The van der Waals surface area contributed by atoms with Gasteiger partial charge in [-0.15, -0.1) is 0 Å². The van der Waals surface area contributed by atoms with Gasteiger partial charge in [-0.05, 0) is 24.3 Å². The summed E-state index contributed by atoms with van der Waals surface area (Å²) in [5.41, 5.74) is 0.789. The molecule has 0 aromatic heterocycles. The Morgan fingerprint density at radius 2 is 1.66 bits per heavy atom. The van der Waals surface area contributed by atoms with Gasteiger partial charge in [0.05, 0.1) is 27.8 Å². The normalized spacial score (nSPS) is 15.5. The maximum atomic E-state index is 13.0. The van der Waals surface area contributed by atoms with Crippen LogP contribution in [0.4, 0.5) is 20.2 Å². The van der Waals surface area contributed by atoms with Gasteiger partial charge in [0, 0.05) is 26.2 Å². The minimum atomic E-state index is -4.69. The van der Waals surface area contributed by atoms with Crippen LogP contribution in [-0.2, 0) is 14.6 Å². The number of alkyl halides is 2. The van der Waals surface area contributed by atoms with Crippen molar-refractivity contribution < 1.29 is 22.0 Å². The first-order valence-electron chi connectivity index (χ1n) is 8.92. The fourth-order valence-electron chi connectivity index (χ4n) is 3.16. The Labute approximate surface area is 173 Å². The van der Waals surface area contributed by atoms with Crippen LogP contribution in [0.1, 0.15) is 0 Å². The van der Waals surface area contributed by atoms with Gasteiger partial charge in [0.2, 0.25) is 15.7 Å². The molecule has 0 unspecified atom stereocenters. The summed E-state index contributed by atoms with van der Waals surface area (Å²) >= 11 is 6.03. The van der Waals surface area contributed by atoms with E-state index in [4.69, 9.17) is 11.6 Å². The predicted octanol–water partition coefficient (Wildman–Crippen LogP) is 3.10. The summed E-state index contributed by atoms with van der Waals surface area (Å²) in [6.07, 6.45) is 0. The number of sulfone groups is 1. The van der Waals surface area contributed by atoms with Crippen LogP contribution in [-0.4, -0.2) is 57.7 Å². The molecule has 2 aromatic carbocycles. The molecule has 0 bridgehead atoms. The van der Waals surface area contributed by atoms with Gasteiger partial charge < -0.3 is 10.2 Å². The number of nitrogens with one attached hydrogen (secondary N) is 1. The molecule has 1 aliphatic heterocycles. The number of carbonyl (C=O) groups excluding carboxylic acids is 1. The number of hydrogen-bond donors (Lipinski definition) is 1.